The average molecular weight is 682 g/mol. The molecule has 0 saturated carbocycles. The molecule has 46 heavy (non-hydrogen) atoms. The molecule has 2 aliphatic heterocycles. The molecule has 0 spiro atoms. The minimum atomic E-state index is -4.94. The third-order valence-electron chi connectivity index (χ3n) is 6.66. The van der Waals surface area contributed by atoms with Crippen molar-refractivity contribution in [2.24, 2.45) is 9.98 Å². The summed E-state index contributed by atoms with van der Waals surface area (Å²) >= 11 is 0. The van der Waals surface area contributed by atoms with Gasteiger partial charge in [-0.05, 0) is 23.3 Å². The largest absolute Gasteiger partial charge is 2.00 e. The minimum Gasteiger partial charge on any atom is -0.475 e. The van der Waals surface area contributed by atoms with E-state index in [-0.39, 0.29) is 35.1 Å². The molecule has 5 aromatic rings. The van der Waals surface area contributed by atoms with Crippen LogP contribution < -0.4 is 37.3 Å². The summed E-state index contributed by atoms with van der Waals surface area (Å²) in [6.07, 6.45) is 0. The third-order valence-corrected chi connectivity index (χ3v) is 6.66. The van der Waals surface area contributed by atoms with Crippen LogP contribution in [-0.4, -0.2) is 48.1 Å². The molecule has 13 nitrogen and oxygen atoms in total. The SMILES string of the molecule is [Mg+2].[O-][Cl+3]([O-])([O-])[O-].[O-][Cl+3]([O-])([O-])[O-].c1ccc([C@@H]2COC(c3cccc4c3oc3c(C5=N[C@H](c6ccccc6)CO5)cccc34)=N2)cc1. The molecule has 0 fully saturated rings. The number of hydrogen-bond donors (Lipinski definition) is 0. The summed E-state index contributed by atoms with van der Waals surface area (Å²) in [5.41, 5.74) is 5.54. The molecule has 3 heterocycles. The Bertz CT molecular complexity index is 1680. The Morgan fingerprint density at radius 1 is 0.500 bits per heavy atom. The van der Waals surface area contributed by atoms with Crippen molar-refractivity contribution in [1.29, 1.82) is 0 Å². The topological polar surface area (TPSA) is 241 Å². The van der Waals surface area contributed by atoms with Gasteiger partial charge in [-0.3, -0.25) is 0 Å². The van der Waals surface area contributed by atoms with Crippen LogP contribution in [0.4, 0.5) is 0 Å². The first kappa shape index (κ1) is 35.5. The van der Waals surface area contributed by atoms with E-state index in [1.165, 1.54) is 0 Å². The summed E-state index contributed by atoms with van der Waals surface area (Å²) in [5.74, 6) is 1.23. The van der Waals surface area contributed by atoms with Crippen LogP contribution in [0.1, 0.15) is 34.3 Å². The number of ether oxygens (including phenoxy) is 2. The molecule has 2 aliphatic rings. The number of hydrogen-bond acceptors (Lipinski definition) is 13. The summed E-state index contributed by atoms with van der Waals surface area (Å²) in [6.45, 7) is 1.04. The molecule has 0 N–H and O–H groups in total. The van der Waals surface area contributed by atoms with Crippen molar-refractivity contribution >= 4 is 56.8 Å². The van der Waals surface area contributed by atoms with Gasteiger partial charge in [0, 0.05) is 10.8 Å². The van der Waals surface area contributed by atoms with Gasteiger partial charge in [0.2, 0.25) is 11.8 Å². The fourth-order valence-electron chi connectivity index (χ4n) is 4.89. The minimum absolute atomic E-state index is 0. The zero-order chi connectivity index (χ0) is 32.2. The first-order chi connectivity index (χ1) is 21.3. The Labute approximate surface area is 281 Å². The van der Waals surface area contributed by atoms with E-state index < -0.39 is 20.5 Å². The van der Waals surface area contributed by atoms with Crippen molar-refractivity contribution in [3.8, 4) is 0 Å². The number of furan rings is 1. The van der Waals surface area contributed by atoms with Gasteiger partial charge in [-0.15, -0.1) is 20.5 Å². The predicted octanol–water partition coefficient (Wildman–Crippen LogP) is -3.27. The van der Waals surface area contributed by atoms with Crippen LogP contribution in [0.3, 0.4) is 0 Å². The van der Waals surface area contributed by atoms with Crippen molar-refractivity contribution in [1.82, 2.24) is 0 Å². The predicted molar refractivity (Wildman–Crippen MR) is 143 cm³/mol. The summed E-state index contributed by atoms with van der Waals surface area (Å²) in [5, 5.41) is 2.04. The van der Waals surface area contributed by atoms with Crippen molar-refractivity contribution < 1.29 is 71.6 Å². The molecule has 0 bridgehead atoms. The second kappa shape index (κ2) is 15.0. The van der Waals surface area contributed by atoms with Crippen LogP contribution in [0.5, 0.6) is 0 Å². The first-order valence-corrected chi connectivity index (χ1v) is 15.5. The van der Waals surface area contributed by atoms with Crippen molar-refractivity contribution in [3.63, 3.8) is 0 Å². The maximum atomic E-state index is 8.49. The van der Waals surface area contributed by atoms with Crippen LogP contribution in [0, 0.1) is 20.5 Å². The van der Waals surface area contributed by atoms with Gasteiger partial charge < -0.3 is 13.9 Å². The Morgan fingerprint density at radius 2 is 0.848 bits per heavy atom. The maximum Gasteiger partial charge on any atom is 2.00 e. The van der Waals surface area contributed by atoms with E-state index in [0.717, 1.165) is 44.2 Å². The van der Waals surface area contributed by atoms with Gasteiger partial charge >= 0.3 is 23.1 Å². The molecule has 0 amide bonds. The monoisotopic (exact) mass is 680 g/mol. The van der Waals surface area contributed by atoms with E-state index >= 15 is 0 Å². The average Bonchev–Trinajstić information content (AvgIpc) is 3.75. The van der Waals surface area contributed by atoms with Crippen molar-refractivity contribution in [3.05, 3.63) is 119 Å². The molecule has 16 heteroatoms. The van der Waals surface area contributed by atoms with E-state index in [0.29, 0.717) is 25.0 Å². The Morgan fingerprint density at radius 3 is 1.20 bits per heavy atom. The normalized spacial score (nSPS) is 17.4. The smallest absolute Gasteiger partial charge is 0.475 e. The Kier molecular flexibility index (Phi) is 11.6. The summed E-state index contributed by atoms with van der Waals surface area (Å²) in [4.78, 5) is 9.76. The molecular formula is C30H22Cl2MgN2O11. The summed E-state index contributed by atoms with van der Waals surface area (Å²) < 4.78 is 86.5. The van der Waals surface area contributed by atoms with Crippen LogP contribution in [0.15, 0.2) is 111 Å². The zero-order valence-electron chi connectivity index (χ0n) is 23.7. The second-order valence-electron chi connectivity index (χ2n) is 9.57. The van der Waals surface area contributed by atoms with Crippen molar-refractivity contribution in [2.45, 2.75) is 12.1 Å². The third kappa shape index (κ3) is 9.35. The number of para-hydroxylation sites is 2. The number of aliphatic imine (C=N–C) groups is 2. The molecule has 234 valence electrons. The molecule has 0 unspecified atom stereocenters. The summed E-state index contributed by atoms with van der Waals surface area (Å²) in [6, 6.07) is 32.6. The molecule has 0 aliphatic carbocycles. The van der Waals surface area contributed by atoms with E-state index in [9.17, 15) is 0 Å². The van der Waals surface area contributed by atoms with Gasteiger partial charge in [0.05, 0.1) is 11.1 Å². The number of fused-ring (bicyclic) bond motifs is 3. The number of halogens is 2. The number of benzene rings is 4. The maximum absolute atomic E-state index is 8.49. The van der Waals surface area contributed by atoms with Crippen LogP contribution in [0.25, 0.3) is 21.9 Å². The second-order valence-corrected chi connectivity index (χ2v) is 11.1. The molecule has 2 atom stereocenters. The first-order valence-electron chi connectivity index (χ1n) is 13.0. The number of rotatable bonds is 4. The molecular weight excluding hydrogens is 660 g/mol. The van der Waals surface area contributed by atoms with E-state index in [4.69, 9.17) is 61.1 Å². The molecule has 4 aromatic carbocycles. The van der Waals surface area contributed by atoms with Gasteiger partial charge in [-0.25, -0.2) is 47.3 Å². The van der Waals surface area contributed by atoms with Gasteiger partial charge in [0.25, 0.3) is 0 Å². The van der Waals surface area contributed by atoms with E-state index in [1.54, 1.807) is 0 Å². The molecule has 7 rings (SSSR count). The fourth-order valence-corrected chi connectivity index (χ4v) is 4.89. The van der Waals surface area contributed by atoms with Gasteiger partial charge in [0.15, 0.2) is 0 Å². The molecule has 0 saturated heterocycles. The zero-order valence-corrected chi connectivity index (χ0v) is 26.6. The number of nitrogens with zero attached hydrogens (tertiary/aromatic N) is 2. The van der Waals surface area contributed by atoms with Crippen molar-refractivity contribution in [2.75, 3.05) is 13.2 Å². The summed E-state index contributed by atoms with van der Waals surface area (Å²) in [7, 11) is -9.89. The Hall–Kier alpha value is -3.35. The van der Waals surface area contributed by atoms with Crippen LogP contribution in [-0.2, 0) is 9.47 Å². The van der Waals surface area contributed by atoms with Crippen LogP contribution in [0.2, 0.25) is 0 Å². The molecule has 1 aromatic heterocycles. The standard InChI is InChI=1S/C30H22N2O3.2ClHO4.Mg/c1-3-9-19(10-4-1)25-17-33-29(31-25)23-15-7-13-21-22-14-8-16-24(28(22)35-27(21)23)30-32-26(18-34-30)20-11-5-2-6-12-20;2*2-1(3,4)5;/h1-16,25-26H,17-18H2;2*(H,2,3,4,5);/q;;;+2/p-2/t25-,26-;;;/m0.../s1. The van der Waals surface area contributed by atoms with Gasteiger partial charge in [0.1, 0.15) is 36.5 Å². The van der Waals surface area contributed by atoms with Gasteiger partial charge in [-0.1, -0.05) is 84.9 Å². The molecule has 0 radical (unpaired) electrons. The Balaban J connectivity index is 0.000000384. The van der Waals surface area contributed by atoms with Crippen LogP contribution >= 0.6 is 0 Å². The van der Waals surface area contributed by atoms with E-state index in [1.807, 2.05) is 60.7 Å². The van der Waals surface area contributed by atoms with Gasteiger partial charge in [-0.2, -0.15) is 0 Å². The van der Waals surface area contributed by atoms with E-state index in [2.05, 4.69) is 36.4 Å². The fraction of sp³-hybridized carbons (Fsp3) is 0.133. The quantitative estimate of drug-likeness (QED) is 0.170.